The fraction of sp³-hybridized carbons (Fsp3) is 0.417. The minimum absolute atomic E-state index is 0.134. The summed E-state index contributed by atoms with van der Waals surface area (Å²) in [5.74, 6) is -0.433. The van der Waals surface area contributed by atoms with E-state index >= 15 is 0 Å². The summed E-state index contributed by atoms with van der Waals surface area (Å²) in [4.78, 5) is 22.0. The maximum absolute atomic E-state index is 11.9. The van der Waals surface area contributed by atoms with Gasteiger partial charge in [0.2, 0.25) is 0 Å². The zero-order chi connectivity index (χ0) is 13.8. The minimum Gasteiger partial charge on any atom is -0.394 e. The van der Waals surface area contributed by atoms with Crippen molar-refractivity contribution >= 4 is 11.6 Å². The minimum atomic E-state index is -0.721. The van der Waals surface area contributed by atoms with E-state index in [0.717, 1.165) is 0 Å². The SMILES string of the molecule is CCC(C)(CO)NC(=O)c1cccc([N+](=O)[O-])c1. The van der Waals surface area contributed by atoms with Crippen molar-refractivity contribution in [2.45, 2.75) is 25.8 Å². The maximum Gasteiger partial charge on any atom is 0.270 e. The molecular formula is C12H16N2O4. The van der Waals surface area contributed by atoms with Crippen LogP contribution in [0.4, 0.5) is 5.69 Å². The van der Waals surface area contributed by atoms with Gasteiger partial charge < -0.3 is 10.4 Å². The zero-order valence-electron chi connectivity index (χ0n) is 10.3. The average molecular weight is 252 g/mol. The van der Waals surface area contributed by atoms with Gasteiger partial charge >= 0.3 is 0 Å². The summed E-state index contributed by atoms with van der Waals surface area (Å²) in [6.07, 6.45) is 0.560. The van der Waals surface area contributed by atoms with E-state index in [9.17, 15) is 20.0 Å². The molecule has 6 nitrogen and oxygen atoms in total. The molecule has 0 bridgehead atoms. The van der Waals surface area contributed by atoms with Crippen molar-refractivity contribution in [1.82, 2.24) is 5.32 Å². The number of hydrogen-bond donors (Lipinski definition) is 2. The standard InChI is InChI=1S/C12H16N2O4/c1-3-12(2,8-15)13-11(16)9-5-4-6-10(7-9)14(17)18/h4-7,15H,3,8H2,1-2H3,(H,13,16). The molecule has 0 spiro atoms. The number of nitrogens with zero attached hydrogens (tertiary/aromatic N) is 1. The quantitative estimate of drug-likeness (QED) is 0.613. The first kappa shape index (κ1) is 14.1. The molecular weight excluding hydrogens is 236 g/mol. The Morgan fingerprint density at radius 2 is 2.22 bits per heavy atom. The van der Waals surface area contributed by atoms with Crippen molar-refractivity contribution < 1.29 is 14.8 Å². The second-order valence-corrected chi connectivity index (χ2v) is 4.33. The molecule has 0 saturated heterocycles. The normalized spacial score (nSPS) is 13.7. The Morgan fingerprint density at radius 3 is 2.72 bits per heavy atom. The van der Waals surface area contributed by atoms with Crippen LogP contribution in [-0.2, 0) is 0 Å². The van der Waals surface area contributed by atoms with E-state index in [2.05, 4.69) is 5.32 Å². The topological polar surface area (TPSA) is 92.5 Å². The summed E-state index contributed by atoms with van der Waals surface area (Å²) in [6, 6.07) is 5.48. The van der Waals surface area contributed by atoms with E-state index in [1.54, 1.807) is 6.92 Å². The lowest BCUT2D eigenvalue weighted by molar-refractivity contribution is -0.384. The number of nitro groups is 1. The first-order chi connectivity index (χ1) is 8.41. The number of carbonyl (C=O) groups excluding carboxylic acids is 1. The van der Waals surface area contributed by atoms with Crippen LogP contribution in [0.1, 0.15) is 30.6 Å². The molecule has 1 aromatic rings. The highest BCUT2D eigenvalue weighted by Crippen LogP contribution is 2.15. The first-order valence-electron chi connectivity index (χ1n) is 5.59. The zero-order valence-corrected chi connectivity index (χ0v) is 10.3. The predicted octanol–water partition coefficient (Wildman–Crippen LogP) is 1.49. The van der Waals surface area contributed by atoms with Crippen molar-refractivity contribution in [2.75, 3.05) is 6.61 Å². The molecule has 0 radical (unpaired) electrons. The number of aliphatic hydroxyl groups is 1. The van der Waals surface area contributed by atoms with Gasteiger partial charge in [-0.1, -0.05) is 13.0 Å². The van der Waals surface area contributed by atoms with E-state index in [1.807, 2.05) is 6.92 Å². The number of carbonyl (C=O) groups is 1. The Balaban J connectivity index is 2.91. The summed E-state index contributed by atoms with van der Waals surface area (Å²) in [6.45, 7) is 3.36. The molecule has 1 rings (SSSR count). The highest BCUT2D eigenvalue weighted by molar-refractivity contribution is 5.95. The molecule has 0 aliphatic heterocycles. The number of nitrogens with one attached hydrogen (secondary N) is 1. The molecule has 0 aromatic heterocycles. The molecule has 18 heavy (non-hydrogen) atoms. The molecule has 1 amide bonds. The van der Waals surface area contributed by atoms with Gasteiger partial charge in [-0.3, -0.25) is 14.9 Å². The van der Waals surface area contributed by atoms with Crippen LogP contribution in [-0.4, -0.2) is 28.1 Å². The van der Waals surface area contributed by atoms with Gasteiger partial charge in [0.1, 0.15) is 0 Å². The van der Waals surface area contributed by atoms with Crippen LogP contribution in [0.5, 0.6) is 0 Å². The van der Waals surface area contributed by atoms with Gasteiger partial charge in [-0.05, 0) is 19.4 Å². The number of non-ortho nitro benzene ring substituents is 1. The molecule has 0 fully saturated rings. The third-order valence-corrected chi connectivity index (χ3v) is 2.86. The Hall–Kier alpha value is -1.95. The van der Waals surface area contributed by atoms with Gasteiger partial charge in [0, 0.05) is 17.7 Å². The first-order valence-corrected chi connectivity index (χ1v) is 5.59. The molecule has 6 heteroatoms. The van der Waals surface area contributed by atoms with E-state index in [-0.39, 0.29) is 17.9 Å². The molecule has 0 saturated carbocycles. The molecule has 1 atom stereocenters. The van der Waals surface area contributed by atoms with Crippen LogP contribution in [0.15, 0.2) is 24.3 Å². The summed E-state index contributed by atoms with van der Waals surface area (Å²) in [5, 5.41) is 22.5. The molecule has 2 N–H and O–H groups in total. The maximum atomic E-state index is 11.9. The predicted molar refractivity (Wildman–Crippen MR) is 66.3 cm³/mol. The van der Waals surface area contributed by atoms with Crippen molar-refractivity contribution in [2.24, 2.45) is 0 Å². The summed E-state index contributed by atoms with van der Waals surface area (Å²) >= 11 is 0. The van der Waals surface area contributed by atoms with Crippen LogP contribution in [0.3, 0.4) is 0 Å². The Kier molecular flexibility index (Phi) is 4.38. The second kappa shape index (κ2) is 5.59. The summed E-state index contributed by atoms with van der Waals surface area (Å²) < 4.78 is 0. The fourth-order valence-corrected chi connectivity index (χ4v) is 1.35. The second-order valence-electron chi connectivity index (χ2n) is 4.33. The number of hydrogen-bond acceptors (Lipinski definition) is 4. The van der Waals surface area contributed by atoms with E-state index in [4.69, 9.17) is 0 Å². The molecule has 98 valence electrons. The van der Waals surface area contributed by atoms with Crippen LogP contribution in [0.25, 0.3) is 0 Å². The van der Waals surface area contributed by atoms with Crippen molar-refractivity contribution in [1.29, 1.82) is 0 Å². The van der Waals surface area contributed by atoms with Crippen molar-refractivity contribution in [3.8, 4) is 0 Å². The van der Waals surface area contributed by atoms with Gasteiger partial charge in [-0.2, -0.15) is 0 Å². The number of benzene rings is 1. The smallest absolute Gasteiger partial charge is 0.270 e. The number of amides is 1. The van der Waals surface area contributed by atoms with Crippen molar-refractivity contribution in [3.05, 3.63) is 39.9 Å². The summed E-state index contributed by atoms with van der Waals surface area (Å²) in [7, 11) is 0. The molecule has 0 aliphatic rings. The van der Waals surface area contributed by atoms with Crippen molar-refractivity contribution in [3.63, 3.8) is 0 Å². The van der Waals surface area contributed by atoms with Gasteiger partial charge in [0.25, 0.3) is 11.6 Å². The fourth-order valence-electron chi connectivity index (χ4n) is 1.35. The van der Waals surface area contributed by atoms with Gasteiger partial charge in [-0.15, -0.1) is 0 Å². The number of aliphatic hydroxyl groups excluding tert-OH is 1. The molecule has 0 aliphatic carbocycles. The lowest BCUT2D eigenvalue weighted by atomic mass is 9.99. The van der Waals surface area contributed by atoms with Crippen LogP contribution in [0.2, 0.25) is 0 Å². The highest BCUT2D eigenvalue weighted by Gasteiger charge is 2.24. The Morgan fingerprint density at radius 1 is 1.56 bits per heavy atom. The molecule has 1 aromatic carbocycles. The average Bonchev–Trinajstić information content (AvgIpc) is 2.38. The summed E-state index contributed by atoms with van der Waals surface area (Å²) in [5.41, 5.74) is -0.649. The molecule has 0 heterocycles. The van der Waals surface area contributed by atoms with Crippen LogP contribution < -0.4 is 5.32 Å². The lowest BCUT2D eigenvalue weighted by Gasteiger charge is -2.27. The number of rotatable bonds is 5. The van der Waals surface area contributed by atoms with E-state index in [1.165, 1.54) is 24.3 Å². The van der Waals surface area contributed by atoms with Gasteiger partial charge in [0.05, 0.1) is 17.1 Å². The lowest BCUT2D eigenvalue weighted by Crippen LogP contribution is -2.48. The third kappa shape index (κ3) is 3.27. The Labute approximate surface area is 105 Å². The van der Waals surface area contributed by atoms with Crippen LogP contribution in [0, 0.1) is 10.1 Å². The highest BCUT2D eigenvalue weighted by atomic mass is 16.6. The van der Waals surface area contributed by atoms with E-state index < -0.39 is 16.4 Å². The van der Waals surface area contributed by atoms with Gasteiger partial charge in [0.15, 0.2) is 0 Å². The monoisotopic (exact) mass is 252 g/mol. The van der Waals surface area contributed by atoms with Gasteiger partial charge in [-0.25, -0.2) is 0 Å². The largest absolute Gasteiger partial charge is 0.394 e. The third-order valence-electron chi connectivity index (χ3n) is 2.86. The number of nitro benzene ring substituents is 1. The molecule has 1 unspecified atom stereocenters. The van der Waals surface area contributed by atoms with E-state index in [0.29, 0.717) is 6.42 Å². The Bertz CT molecular complexity index is 455. The van der Waals surface area contributed by atoms with Crippen LogP contribution >= 0.6 is 0 Å².